The first-order valence-corrected chi connectivity index (χ1v) is 12.7. The number of aromatic nitrogens is 3. The topological polar surface area (TPSA) is 83.4 Å². The molecule has 0 radical (unpaired) electrons. The molecule has 204 valence electrons. The third-order valence-corrected chi connectivity index (χ3v) is 7.59. The highest BCUT2D eigenvalue weighted by Gasteiger charge is 2.55. The normalized spacial score (nSPS) is 17.4. The van der Waals surface area contributed by atoms with Crippen molar-refractivity contribution in [2.45, 2.75) is 18.9 Å². The summed E-state index contributed by atoms with van der Waals surface area (Å²) in [7, 11) is 1.70. The van der Waals surface area contributed by atoms with Gasteiger partial charge in [0.1, 0.15) is 11.7 Å². The maximum atomic E-state index is 15.7. The molecule has 0 aliphatic carbocycles. The molecule has 1 saturated heterocycles. The number of amides is 1. The molecule has 0 saturated carbocycles. The fourth-order valence-corrected chi connectivity index (χ4v) is 5.48. The maximum absolute atomic E-state index is 15.7. The summed E-state index contributed by atoms with van der Waals surface area (Å²) in [5.41, 5.74) is 2.65. The molecule has 6 rings (SSSR count). The van der Waals surface area contributed by atoms with Gasteiger partial charge in [-0.05, 0) is 36.8 Å². The second-order valence-corrected chi connectivity index (χ2v) is 9.97. The summed E-state index contributed by atoms with van der Waals surface area (Å²) in [5.74, 6) is -5.36. The van der Waals surface area contributed by atoms with Gasteiger partial charge in [-0.2, -0.15) is 8.78 Å². The maximum Gasteiger partial charge on any atom is 0.298 e. The van der Waals surface area contributed by atoms with Crippen LogP contribution < -0.4 is 15.1 Å². The Morgan fingerprint density at radius 1 is 1.02 bits per heavy atom. The average molecular weight is 547 g/mol. The quantitative estimate of drug-likeness (QED) is 0.292. The summed E-state index contributed by atoms with van der Waals surface area (Å²) < 4.78 is 46.3. The lowest BCUT2D eigenvalue weighted by Crippen LogP contribution is -2.56. The van der Waals surface area contributed by atoms with E-state index in [-0.39, 0.29) is 36.0 Å². The van der Waals surface area contributed by atoms with E-state index in [1.165, 1.54) is 18.2 Å². The first-order chi connectivity index (χ1) is 19.1. The Bertz CT molecular complexity index is 1620. The molecular formula is C29H25F3N6O2. The number of nitrogens with one attached hydrogen (secondary N) is 1. The van der Waals surface area contributed by atoms with E-state index < -0.39 is 29.5 Å². The predicted molar refractivity (Wildman–Crippen MR) is 144 cm³/mol. The van der Waals surface area contributed by atoms with Crippen molar-refractivity contribution < 1.29 is 22.8 Å². The van der Waals surface area contributed by atoms with Crippen LogP contribution >= 0.6 is 0 Å². The van der Waals surface area contributed by atoms with Crippen molar-refractivity contribution in [1.29, 1.82) is 0 Å². The number of rotatable bonds is 5. The summed E-state index contributed by atoms with van der Waals surface area (Å²) in [6.45, 7) is 2.43. The Labute approximate surface area is 228 Å². The molecule has 1 amide bonds. The molecule has 2 aromatic heterocycles. The minimum atomic E-state index is -3.26. The number of hydrogen-bond donors (Lipinski definition) is 1. The number of carbonyl (C=O) groups is 2. The lowest BCUT2D eigenvalue weighted by atomic mass is 10.0. The Hall–Kier alpha value is -4.67. The van der Waals surface area contributed by atoms with E-state index in [0.29, 0.717) is 17.8 Å². The van der Waals surface area contributed by atoms with Crippen LogP contribution in [0.1, 0.15) is 21.7 Å². The number of nitrogens with zero attached hydrogens (tertiary/aromatic N) is 5. The fraction of sp³-hybridized carbons (Fsp3) is 0.241. The standard InChI is InChI=1S/C29H25F3N6O2/c1-17-12-21(18-6-4-3-5-7-18)25(36(17)2)26(39)27(40)35-20-8-9-23-22(13-20)29(31,32)24-16-37(10-11-38(23)24)28-33-14-19(30)15-34-28/h3-9,12-15,24H,10-11,16H2,1-2H3,(H,35,40)/t24-/m0/s1. The lowest BCUT2D eigenvalue weighted by Gasteiger charge is -2.40. The molecule has 4 aromatic rings. The zero-order valence-electron chi connectivity index (χ0n) is 21.7. The monoisotopic (exact) mass is 546 g/mol. The van der Waals surface area contributed by atoms with Crippen LogP contribution in [-0.4, -0.2) is 51.9 Å². The van der Waals surface area contributed by atoms with Crippen molar-refractivity contribution in [3.63, 3.8) is 0 Å². The van der Waals surface area contributed by atoms with Gasteiger partial charge in [0.25, 0.3) is 17.6 Å². The Morgan fingerprint density at radius 2 is 1.75 bits per heavy atom. The van der Waals surface area contributed by atoms with E-state index in [1.807, 2.05) is 43.3 Å². The summed E-state index contributed by atoms with van der Waals surface area (Å²) in [6.07, 6.45) is 2.01. The number of fused-ring (bicyclic) bond motifs is 3. The highest BCUT2D eigenvalue weighted by molar-refractivity contribution is 6.47. The van der Waals surface area contributed by atoms with Gasteiger partial charge in [0.05, 0.1) is 12.4 Å². The molecule has 8 nitrogen and oxygen atoms in total. The zero-order valence-corrected chi connectivity index (χ0v) is 21.7. The molecule has 2 aliphatic heterocycles. The number of hydrogen-bond acceptors (Lipinski definition) is 6. The molecule has 40 heavy (non-hydrogen) atoms. The number of halogens is 3. The number of Topliss-reactive ketones (excluding diaryl/α,β-unsaturated/α-hetero) is 1. The zero-order chi connectivity index (χ0) is 28.2. The highest BCUT2D eigenvalue weighted by Crippen LogP contribution is 2.50. The minimum Gasteiger partial charge on any atom is -0.358 e. The molecule has 4 heterocycles. The molecule has 0 bridgehead atoms. The van der Waals surface area contributed by atoms with Crippen molar-refractivity contribution in [1.82, 2.24) is 14.5 Å². The number of carbonyl (C=O) groups excluding carboxylic acids is 2. The largest absolute Gasteiger partial charge is 0.358 e. The van der Waals surface area contributed by atoms with Gasteiger partial charge in [-0.3, -0.25) is 9.59 Å². The molecule has 1 atom stereocenters. The number of piperazine rings is 1. The van der Waals surface area contributed by atoms with Gasteiger partial charge in [0.2, 0.25) is 5.95 Å². The summed E-state index contributed by atoms with van der Waals surface area (Å²) in [5, 5.41) is 2.52. The van der Waals surface area contributed by atoms with Crippen LogP contribution in [0.15, 0.2) is 67.0 Å². The Kier molecular flexibility index (Phi) is 6.09. The van der Waals surface area contributed by atoms with E-state index in [1.54, 1.807) is 21.4 Å². The number of alkyl halides is 2. The molecule has 1 N–H and O–H groups in total. The third-order valence-electron chi connectivity index (χ3n) is 7.59. The molecule has 2 aromatic carbocycles. The van der Waals surface area contributed by atoms with Crippen LogP contribution in [-0.2, 0) is 17.8 Å². The van der Waals surface area contributed by atoms with Crippen molar-refractivity contribution in [2.24, 2.45) is 7.05 Å². The second kappa shape index (κ2) is 9.51. The van der Waals surface area contributed by atoms with Gasteiger partial charge in [0.15, 0.2) is 5.82 Å². The molecule has 2 aliphatic rings. The van der Waals surface area contributed by atoms with Crippen molar-refractivity contribution in [3.05, 3.63) is 89.8 Å². The Morgan fingerprint density at radius 3 is 2.48 bits per heavy atom. The van der Waals surface area contributed by atoms with Crippen molar-refractivity contribution in [3.8, 4) is 11.1 Å². The summed E-state index contributed by atoms with van der Waals surface area (Å²) in [6, 6.07) is 14.2. The smallest absolute Gasteiger partial charge is 0.298 e. The van der Waals surface area contributed by atoms with Gasteiger partial charge in [0, 0.05) is 54.9 Å². The van der Waals surface area contributed by atoms with Crippen LogP contribution in [0.25, 0.3) is 11.1 Å². The summed E-state index contributed by atoms with van der Waals surface area (Å²) >= 11 is 0. The molecular weight excluding hydrogens is 521 g/mol. The predicted octanol–water partition coefficient (Wildman–Crippen LogP) is 4.55. The SMILES string of the molecule is Cc1cc(-c2ccccc2)c(C(=O)C(=O)Nc2ccc3c(c2)C(F)(F)[C@@H]2CN(c4ncc(F)cn4)CCN32)n1C. The second-order valence-electron chi connectivity index (χ2n) is 9.97. The first kappa shape index (κ1) is 25.6. The number of aryl methyl sites for hydroxylation is 1. The van der Waals surface area contributed by atoms with Crippen LogP contribution in [0.2, 0.25) is 0 Å². The van der Waals surface area contributed by atoms with Gasteiger partial charge in [-0.1, -0.05) is 30.3 Å². The highest BCUT2D eigenvalue weighted by atomic mass is 19.3. The van der Waals surface area contributed by atoms with E-state index in [9.17, 15) is 14.0 Å². The van der Waals surface area contributed by atoms with Gasteiger partial charge < -0.3 is 19.7 Å². The fourth-order valence-electron chi connectivity index (χ4n) is 5.48. The van der Waals surface area contributed by atoms with Crippen LogP contribution in [0.4, 0.5) is 30.5 Å². The Balaban J connectivity index is 1.24. The number of benzene rings is 2. The number of anilines is 3. The summed E-state index contributed by atoms with van der Waals surface area (Å²) in [4.78, 5) is 37.5. The van der Waals surface area contributed by atoms with Gasteiger partial charge >= 0.3 is 0 Å². The third kappa shape index (κ3) is 4.18. The molecule has 0 spiro atoms. The van der Waals surface area contributed by atoms with Gasteiger partial charge in [-0.15, -0.1) is 0 Å². The lowest BCUT2D eigenvalue weighted by molar-refractivity contribution is -0.112. The van der Waals surface area contributed by atoms with Crippen molar-refractivity contribution in [2.75, 3.05) is 34.8 Å². The molecule has 1 fully saturated rings. The van der Waals surface area contributed by atoms with E-state index >= 15 is 8.78 Å². The van der Waals surface area contributed by atoms with Crippen LogP contribution in [0.5, 0.6) is 0 Å². The van der Waals surface area contributed by atoms with Crippen molar-refractivity contribution >= 4 is 29.0 Å². The van der Waals surface area contributed by atoms with E-state index in [2.05, 4.69) is 15.3 Å². The average Bonchev–Trinajstić information content (AvgIpc) is 3.38. The van der Waals surface area contributed by atoms with Crippen LogP contribution in [0, 0.1) is 12.7 Å². The van der Waals surface area contributed by atoms with E-state index in [4.69, 9.17) is 0 Å². The number of ketones is 1. The van der Waals surface area contributed by atoms with Gasteiger partial charge in [-0.25, -0.2) is 14.4 Å². The van der Waals surface area contributed by atoms with Crippen LogP contribution in [0.3, 0.4) is 0 Å². The first-order valence-electron chi connectivity index (χ1n) is 12.7. The molecule has 11 heteroatoms. The molecule has 0 unspecified atom stereocenters. The minimum absolute atomic E-state index is 0.0669. The van der Waals surface area contributed by atoms with E-state index in [0.717, 1.165) is 23.7 Å².